The van der Waals surface area contributed by atoms with E-state index in [-0.39, 0.29) is 12.8 Å². The number of benzene rings is 2. The second-order valence-electron chi connectivity index (χ2n) is 6.17. The molecule has 1 aliphatic heterocycles. The summed E-state index contributed by atoms with van der Waals surface area (Å²) >= 11 is 0. The number of aryl methyl sites for hydroxylation is 1. The van der Waals surface area contributed by atoms with Crippen LogP contribution in [0.1, 0.15) is 17.0 Å². The lowest BCUT2D eigenvalue weighted by atomic mass is 10.2. The van der Waals surface area contributed by atoms with Crippen LogP contribution in [0.25, 0.3) is 0 Å². The molecule has 144 valence electrons. The number of nitrogens with one attached hydrogen (secondary N) is 2. The minimum Gasteiger partial charge on any atom is -0.489 e. The van der Waals surface area contributed by atoms with Gasteiger partial charge in [0, 0.05) is 11.8 Å². The molecule has 2 N–H and O–H groups in total. The van der Waals surface area contributed by atoms with Gasteiger partial charge in [0.1, 0.15) is 23.8 Å². The van der Waals surface area contributed by atoms with Gasteiger partial charge in [-0.3, -0.25) is 0 Å². The molecular weight excluding hydrogens is 362 g/mol. The molecule has 0 bridgehead atoms. The molecule has 0 unspecified atom stereocenters. The molecule has 1 aromatic heterocycles. The number of nitrogens with zero attached hydrogens (tertiary/aromatic N) is 1. The van der Waals surface area contributed by atoms with Crippen LogP contribution < -0.4 is 24.8 Å². The van der Waals surface area contributed by atoms with E-state index < -0.39 is 0 Å². The lowest BCUT2D eigenvalue weighted by molar-refractivity contribution is 0.173. The van der Waals surface area contributed by atoms with Crippen LogP contribution in [0.2, 0.25) is 0 Å². The van der Waals surface area contributed by atoms with Crippen LogP contribution in [0.3, 0.4) is 0 Å². The van der Waals surface area contributed by atoms with Gasteiger partial charge in [0.25, 0.3) is 0 Å². The van der Waals surface area contributed by atoms with Gasteiger partial charge in [0.2, 0.25) is 6.79 Å². The molecule has 8 nitrogen and oxygen atoms in total. The number of rotatable bonds is 6. The monoisotopic (exact) mass is 381 g/mol. The first-order valence-corrected chi connectivity index (χ1v) is 8.72. The molecule has 2 amide bonds. The SMILES string of the molecule is Cc1ocnc1CNC(=O)Nc1cccc(COc2ccc3c(c2)OCO3)c1. The number of ether oxygens (including phenoxy) is 3. The standard InChI is InChI=1S/C20H19N3O5/c1-13-17(22-11-26-13)9-21-20(24)23-15-4-2-3-14(7-15)10-25-16-5-6-18-19(8-16)28-12-27-18/h2-8,11H,9-10,12H2,1H3,(H2,21,23,24). The van der Waals surface area contributed by atoms with Crippen LogP contribution in [-0.2, 0) is 13.2 Å². The largest absolute Gasteiger partial charge is 0.489 e. The highest BCUT2D eigenvalue weighted by molar-refractivity contribution is 5.89. The first kappa shape index (κ1) is 17.7. The number of aromatic nitrogens is 1. The quantitative estimate of drug-likeness (QED) is 0.677. The van der Waals surface area contributed by atoms with Crippen molar-refractivity contribution in [2.24, 2.45) is 0 Å². The second kappa shape index (κ2) is 7.91. The Labute approximate surface area is 161 Å². The highest BCUT2D eigenvalue weighted by atomic mass is 16.7. The third kappa shape index (κ3) is 4.17. The summed E-state index contributed by atoms with van der Waals surface area (Å²) in [7, 11) is 0. The van der Waals surface area contributed by atoms with Crippen LogP contribution in [-0.4, -0.2) is 17.8 Å². The Morgan fingerprint density at radius 3 is 2.93 bits per heavy atom. The number of amides is 2. The van der Waals surface area contributed by atoms with Gasteiger partial charge in [-0.15, -0.1) is 0 Å². The van der Waals surface area contributed by atoms with Crippen molar-refractivity contribution in [1.82, 2.24) is 10.3 Å². The number of carbonyl (C=O) groups is 1. The average Bonchev–Trinajstić information content (AvgIpc) is 3.33. The Kier molecular flexibility index (Phi) is 5.01. The second-order valence-corrected chi connectivity index (χ2v) is 6.17. The first-order chi connectivity index (χ1) is 13.7. The lowest BCUT2D eigenvalue weighted by Gasteiger charge is -2.10. The highest BCUT2D eigenvalue weighted by Crippen LogP contribution is 2.35. The number of hydrogen-bond acceptors (Lipinski definition) is 6. The van der Waals surface area contributed by atoms with Gasteiger partial charge in [-0.05, 0) is 36.8 Å². The van der Waals surface area contributed by atoms with Crippen molar-refractivity contribution in [2.45, 2.75) is 20.1 Å². The van der Waals surface area contributed by atoms with E-state index in [1.54, 1.807) is 13.0 Å². The predicted molar refractivity (Wildman–Crippen MR) is 100 cm³/mol. The lowest BCUT2D eigenvalue weighted by Crippen LogP contribution is -2.28. The molecule has 0 fully saturated rings. The van der Waals surface area contributed by atoms with Crippen molar-refractivity contribution in [3.8, 4) is 17.2 Å². The van der Waals surface area contributed by atoms with Crippen LogP contribution in [0.4, 0.5) is 10.5 Å². The maximum absolute atomic E-state index is 12.1. The molecule has 3 aromatic rings. The molecule has 1 aliphatic rings. The van der Waals surface area contributed by atoms with Gasteiger partial charge in [0.05, 0.1) is 6.54 Å². The Morgan fingerprint density at radius 1 is 1.18 bits per heavy atom. The normalized spacial score (nSPS) is 11.9. The molecule has 0 saturated heterocycles. The molecular formula is C20H19N3O5. The number of anilines is 1. The smallest absolute Gasteiger partial charge is 0.319 e. The fourth-order valence-electron chi connectivity index (χ4n) is 2.71. The molecule has 0 spiro atoms. The van der Waals surface area contributed by atoms with E-state index in [1.807, 2.05) is 36.4 Å². The average molecular weight is 381 g/mol. The number of carbonyl (C=O) groups excluding carboxylic acids is 1. The molecule has 0 atom stereocenters. The highest BCUT2D eigenvalue weighted by Gasteiger charge is 2.13. The summed E-state index contributed by atoms with van der Waals surface area (Å²) in [5.74, 6) is 2.75. The molecule has 2 aromatic carbocycles. The summed E-state index contributed by atoms with van der Waals surface area (Å²) < 4.78 is 21.5. The Balaban J connectivity index is 1.31. The number of urea groups is 1. The van der Waals surface area contributed by atoms with Crippen LogP contribution in [0.15, 0.2) is 53.3 Å². The topological polar surface area (TPSA) is 94.9 Å². The molecule has 8 heteroatoms. The van der Waals surface area contributed by atoms with Gasteiger partial charge >= 0.3 is 6.03 Å². The van der Waals surface area contributed by atoms with Gasteiger partial charge in [-0.25, -0.2) is 9.78 Å². The third-order valence-corrected chi connectivity index (χ3v) is 4.20. The molecule has 0 aliphatic carbocycles. The fourth-order valence-corrected chi connectivity index (χ4v) is 2.71. The van der Waals surface area contributed by atoms with E-state index in [4.69, 9.17) is 18.6 Å². The summed E-state index contributed by atoms with van der Waals surface area (Å²) in [6.07, 6.45) is 1.36. The van der Waals surface area contributed by atoms with Crippen molar-refractivity contribution >= 4 is 11.7 Å². The molecule has 0 radical (unpaired) electrons. The van der Waals surface area contributed by atoms with E-state index in [1.165, 1.54) is 6.39 Å². The van der Waals surface area contributed by atoms with Gasteiger partial charge in [-0.2, -0.15) is 0 Å². The zero-order valence-corrected chi connectivity index (χ0v) is 15.2. The minimum absolute atomic E-state index is 0.227. The van der Waals surface area contributed by atoms with Crippen LogP contribution in [0.5, 0.6) is 17.2 Å². The van der Waals surface area contributed by atoms with E-state index >= 15 is 0 Å². The molecule has 4 rings (SSSR count). The molecule has 0 saturated carbocycles. The van der Waals surface area contributed by atoms with Crippen LogP contribution in [0, 0.1) is 6.92 Å². The summed E-state index contributed by atoms with van der Waals surface area (Å²) in [5.41, 5.74) is 2.28. The zero-order valence-electron chi connectivity index (χ0n) is 15.2. The van der Waals surface area contributed by atoms with Crippen molar-refractivity contribution in [3.63, 3.8) is 0 Å². The first-order valence-electron chi connectivity index (χ1n) is 8.72. The van der Waals surface area contributed by atoms with Crippen molar-refractivity contribution in [2.75, 3.05) is 12.1 Å². The number of oxazole rings is 1. The van der Waals surface area contributed by atoms with E-state index in [0.29, 0.717) is 47.5 Å². The van der Waals surface area contributed by atoms with E-state index in [9.17, 15) is 4.79 Å². The van der Waals surface area contributed by atoms with Gasteiger partial charge < -0.3 is 29.3 Å². The summed E-state index contributed by atoms with van der Waals surface area (Å²) in [4.78, 5) is 16.1. The molecule has 2 heterocycles. The summed E-state index contributed by atoms with van der Waals surface area (Å²) in [5, 5.41) is 5.54. The van der Waals surface area contributed by atoms with Crippen molar-refractivity contribution < 1.29 is 23.4 Å². The van der Waals surface area contributed by atoms with Crippen molar-refractivity contribution in [1.29, 1.82) is 0 Å². The maximum atomic E-state index is 12.1. The maximum Gasteiger partial charge on any atom is 0.319 e. The Bertz CT molecular complexity index is 985. The fraction of sp³-hybridized carbons (Fsp3) is 0.200. The summed E-state index contributed by atoms with van der Waals surface area (Å²) in [6.45, 7) is 2.67. The Hall–Kier alpha value is -3.68. The minimum atomic E-state index is -0.323. The Morgan fingerprint density at radius 2 is 2.07 bits per heavy atom. The van der Waals surface area contributed by atoms with Crippen LogP contribution >= 0.6 is 0 Å². The predicted octanol–water partition coefficient (Wildman–Crippen LogP) is 3.61. The summed E-state index contributed by atoms with van der Waals surface area (Å²) in [6, 6.07) is 12.6. The number of hydrogen-bond donors (Lipinski definition) is 2. The van der Waals surface area contributed by atoms with Gasteiger partial charge in [0.15, 0.2) is 17.9 Å². The van der Waals surface area contributed by atoms with Crippen molar-refractivity contribution in [3.05, 3.63) is 65.9 Å². The van der Waals surface area contributed by atoms with Gasteiger partial charge in [-0.1, -0.05) is 12.1 Å². The zero-order chi connectivity index (χ0) is 19.3. The third-order valence-electron chi connectivity index (χ3n) is 4.20. The van der Waals surface area contributed by atoms with E-state index in [2.05, 4.69) is 15.6 Å². The molecule has 28 heavy (non-hydrogen) atoms. The number of fused-ring (bicyclic) bond motifs is 1. The van der Waals surface area contributed by atoms with E-state index in [0.717, 1.165) is 5.56 Å².